The number of anilines is 1. The van der Waals surface area contributed by atoms with Gasteiger partial charge in [0, 0.05) is 5.56 Å². The summed E-state index contributed by atoms with van der Waals surface area (Å²) < 4.78 is 12.9. The van der Waals surface area contributed by atoms with Crippen LogP contribution in [0.25, 0.3) is 11.3 Å². The molecule has 1 aromatic heterocycles. The first-order chi connectivity index (χ1) is 7.18. The van der Waals surface area contributed by atoms with E-state index >= 15 is 0 Å². The predicted molar refractivity (Wildman–Crippen MR) is 54.7 cm³/mol. The zero-order chi connectivity index (χ0) is 10.8. The van der Waals surface area contributed by atoms with Gasteiger partial charge in [0.1, 0.15) is 17.2 Å². The molecule has 0 aliphatic rings. The second-order valence-corrected chi connectivity index (χ2v) is 3.00. The van der Waals surface area contributed by atoms with Crippen LogP contribution in [-0.4, -0.2) is 9.97 Å². The molecule has 2 aromatic rings. The summed E-state index contributed by atoms with van der Waals surface area (Å²) in [5.41, 5.74) is 5.87. The molecule has 15 heavy (non-hydrogen) atoms. The molecule has 1 aromatic carbocycles. The van der Waals surface area contributed by atoms with Gasteiger partial charge in [-0.2, -0.15) is 0 Å². The fraction of sp³-hybridized carbons (Fsp3) is 0. The van der Waals surface area contributed by atoms with Crippen molar-refractivity contribution in [2.24, 2.45) is 0 Å². The summed E-state index contributed by atoms with van der Waals surface area (Å²) in [6, 6.07) is 5.76. The monoisotopic (exact) mass is 205 g/mol. The molecule has 0 spiro atoms. The molecule has 5 heteroatoms. The fourth-order valence-corrected chi connectivity index (χ4v) is 1.28. The van der Waals surface area contributed by atoms with Crippen LogP contribution >= 0.6 is 0 Å². The highest BCUT2D eigenvalue weighted by Crippen LogP contribution is 2.20. The molecule has 4 nitrogen and oxygen atoms in total. The number of H-pyrrole nitrogens is 1. The Bertz CT molecular complexity index is 550. The Kier molecular flexibility index (Phi) is 2.21. The molecular formula is C10H8FN3O. The smallest absolute Gasteiger partial charge is 0.274 e. The van der Waals surface area contributed by atoms with Gasteiger partial charge in [-0.15, -0.1) is 0 Å². The molecule has 0 saturated heterocycles. The van der Waals surface area contributed by atoms with Gasteiger partial charge in [0.2, 0.25) is 0 Å². The fourth-order valence-electron chi connectivity index (χ4n) is 1.28. The van der Waals surface area contributed by atoms with Gasteiger partial charge in [-0.3, -0.25) is 4.79 Å². The minimum absolute atomic E-state index is 0.0110. The molecule has 2 rings (SSSR count). The van der Waals surface area contributed by atoms with E-state index in [9.17, 15) is 9.18 Å². The van der Waals surface area contributed by atoms with E-state index in [4.69, 9.17) is 5.73 Å². The highest BCUT2D eigenvalue weighted by Gasteiger charge is 2.07. The van der Waals surface area contributed by atoms with Gasteiger partial charge >= 0.3 is 0 Å². The maximum Gasteiger partial charge on any atom is 0.274 e. The maximum atomic E-state index is 12.9. The summed E-state index contributed by atoms with van der Waals surface area (Å²) in [7, 11) is 0. The van der Waals surface area contributed by atoms with Crippen LogP contribution in [0.4, 0.5) is 10.1 Å². The van der Waals surface area contributed by atoms with Gasteiger partial charge in [-0.05, 0) is 12.1 Å². The number of aromatic amines is 1. The number of rotatable bonds is 1. The van der Waals surface area contributed by atoms with Crippen molar-refractivity contribution in [3.8, 4) is 11.3 Å². The summed E-state index contributed by atoms with van der Waals surface area (Å²) in [5.74, 6) is -0.394. The molecule has 0 saturated carbocycles. The third kappa shape index (κ3) is 1.71. The quantitative estimate of drug-likeness (QED) is 0.733. The van der Waals surface area contributed by atoms with Crippen molar-refractivity contribution in [2.45, 2.75) is 0 Å². The van der Waals surface area contributed by atoms with E-state index in [0.717, 1.165) is 0 Å². The third-order valence-electron chi connectivity index (χ3n) is 1.99. The summed E-state index contributed by atoms with van der Waals surface area (Å²) in [4.78, 5) is 17.4. The van der Waals surface area contributed by atoms with Gasteiger partial charge in [0.05, 0.1) is 6.33 Å². The molecule has 0 bridgehead atoms. The third-order valence-corrected chi connectivity index (χ3v) is 1.99. The van der Waals surface area contributed by atoms with E-state index in [-0.39, 0.29) is 5.69 Å². The van der Waals surface area contributed by atoms with Crippen molar-refractivity contribution < 1.29 is 4.39 Å². The van der Waals surface area contributed by atoms with E-state index in [1.165, 1.54) is 24.5 Å². The number of nitrogens with two attached hydrogens (primary N) is 1. The van der Waals surface area contributed by atoms with Crippen LogP contribution in [0.15, 0.2) is 35.4 Å². The minimum Gasteiger partial charge on any atom is -0.392 e. The molecule has 0 fully saturated rings. The minimum atomic E-state index is -0.427. The lowest BCUT2D eigenvalue weighted by molar-refractivity contribution is 0.628. The van der Waals surface area contributed by atoms with E-state index < -0.39 is 11.4 Å². The lowest BCUT2D eigenvalue weighted by Crippen LogP contribution is -2.13. The second kappa shape index (κ2) is 3.53. The number of benzene rings is 1. The van der Waals surface area contributed by atoms with Gasteiger partial charge < -0.3 is 10.7 Å². The first-order valence-electron chi connectivity index (χ1n) is 4.27. The topological polar surface area (TPSA) is 71.8 Å². The van der Waals surface area contributed by atoms with E-state index in [2.05, 4.69) is 9.97 Å². The molecule has 1 heterocycles. The van der Waals surface area contributed by atoms with Crippen LogP contribution in [0.1, 0.15) is 0 Å². The molecule has 76 valence electrons. The van der Waals surface area contributed by atoms with E-state index in [0.29, 0.717) is 11.3 Å². The summed E-state index contributed by atoms with van der Waals surface area (Å²) in [6.45, 7) is 0. The largest absolute Gasteiger partial charge is 0.392 e. The van der Waals surface area contributed by atoms with Gasteiger partial charge in [-0.25, -0.2) is 9.37 Å². The lowest BCUT2D eigenvalue weighted by atomic mass is 10.1. The molecule has 0 atom stereocenters. The van der Waals surface area contributed by atoms with Gasteiger partial charge in [0.25, 0.3) is 5.56 Å². The van der Waals surface area contributed by atoms with Crippen molar-refractivity contribution in [3.63, 3.8) is 0 Å². The number of nitrogen functional groups attached to an aromatic ring is 1. The molecule has 0 aliphatic heterocycles. The SMILES string of the molecule is Nc1c(-c2cccc(F)c2)nc[nH]c1=O. The van der Waals surface area contributed by atoms with Crippen LogP contribution < -0.4 is 11.3 Å². The van der Waals surface area contributed by atoms with Crippen molar-refractivity contribution in [1.82, 2.24) is 9.97 Å². The van der Waals surface area contributed by atoms with Crippen molar-refractivity contribution in [3.05, 3.63) is 46.8 Å². The van der Waals surface area contributed by atoms with Crippen molar-refractivity contribution >= 4 is 5.69 Å². The van der Waals surface area contributed by atoms with Crippen LogP contribution in [0, 0.1) is 5.82 Å². The molecule has 0 radical (unpaired) electrons. The Balaban J connectivity index is 2.64. The van der Waals surface area contributed by atoms with Gasteiger partial charge in [-0.1, -0.05) is 12.1 Å². The van der Waals surface area contributed by atoms with E-state index in [1.54, 1.807) is 6.07 Å². The molecule has 0 aliphatic carbocycles. The average molecular weight is 205 g/mol. The number of nitrogens with one attached hydrogen (secondary N) is 1. The van der Waals surface area contributed by atoms with Crippen LogP contribution in [0.5, 0.6) is 0 Å². The Morgan fingerprint density at radius 3 is 2.93 bits per heavy atom. The number of aromatic nitrogens is 2. The summed E-state index contributed by atoms with van der Waals surface area (Å²) in [5, 5.41) is 0. The number of nitrogens with zero attached hydrogens (tertiary/aromatic N) is 1. The summed E-state index contributed by atoms with van der Waals surface area (Å²) >= 11 is 0. The summed E-state index contributed by atoms with van der Waals surface area (Å²) in [6.07, 6.45) is 1.24. The van der Waals surface area contributed by atoms with Crippen LogP contribution in [-0.2, 0) is 0 Å². The first kappa shape index (κ1) is 9.39. The number of halogens is 1. The Morgan fingerprint density at radius 2 is 2.20 bits per heavy atom. The standard InChI is InChI=1S/C10H8FN3O/c11-7-3-1-2-6(4-7)9-8(12)10(15)14-5-13-9/h1-5H,12H2,(H,13,14,15). The van der Waals surface area contributed by atoms with Crippen LogP contribution in [0.3, 0.4) is 0 Å². The lowest BCUT2D eigenvalue weighted by Gasteiger charge is -2.02. The number of hydrogen-bond acceptors (Lipinski definition) is 3. The maximum absolute atomic E-state index is 12.9. The Labute approximate surface area is 84.6 Å². The Morgan fingerprint density at radius 1 is 1.40 bits per heavy atom. The number of hydrogen-bond donors (Lipinski definition) is 2. The zero-order valence-corrected chi connectivity index (χ0v) is 7.70. The van der Waals surface area contributed by atoms with E-state index in [1.807, 2.05) is 0 Å². The predicted octanol–water partition coefficient (Wildman–Crippen LogP) is 1.16. The van der Waals surface area contributed by atoms with Crippen LogP contribution in [0.2, 0.25) is 0 Å². The molecule has 0 unspecified atom stereocenters. The zero-order valence-electron chi connectivity index (χ0n) is 7.70. The molecule has 0 amide bonds. The van der Waals surface area contributed by atoms with Crippen molar-refractivity contribution in [2.75, 3.05) is 5.73 Å². The second-order valence-electron chi connectivity index (χ2n) is 3.00. The first-order valence-corrected chi connectivity index (χ1v) is 4.27. The normalized spacial score (nSPS) is 10.2. The van der Waals surface area contributed by atoms with Gasteiger partial charge in [0.15, 0.2) is 0 Å². The molecule has 3 N–H and O–H groups in total. The highest BCUT2D eigenvalue weighted by atomic mass is 19.1. The molecular weight excluding hydrogens is 197 g/mol. The average Bonchev–Trinajstić information content (AvgIpc) is 2.22. The Hall–Kier alpha value is -2.17. The van der Waals surface area contributed by atoms with Crippen molar-refractivity contribution in [1.29, 1.82) is 0 Å². The highest BCUT2D eigenvalue weighted by molar-refractivity contribution is 5.71.